The summed E-state index contributed by atoms with van der Waals surface area (Å²) in [5.41, 5.74) is 0. The second kappa shape index (κ2) is 286. The quantitative estimate of drug-likeness (QED) is 0.0940. The summed E-state index contributed by atoms with van der Waals surface area (Å²) in [6.45, 7) is 0. The van der Waals surface area contributed by atoms with E-state index in [9.17, 15) is 0 Å². The fourth-order valence-electron chi connectivity index (χ4n) is 0. The first-order valence-corrected chi connectivity index (χ1v) is 26.9. The standard InChI is InChI=1S/6Al.6Ca.7ClH.7FH.6K.6Na.7H2O4S.7O3Si.6H2O/c;;;;;;;;;;;;;;;;;;;;;;;;;;;;;;;;;;;;;;7*1-5(2,3)4;7*1-4(2)3;;;;;;/h;;;;;;;;;;;;14*1H;;;;;;;;;;;;;7*(H2,1,2,3,4);;;;;;;;6*1H2/q6*+3;6*+2;;;;;;;;;;;;;;;12*+1;;;;;;;;7*-2;;;;;;/p-28. The Labute approximate surface area is 1290 Å². The van der Waals surface area contributed by atoms with E-state index < -0.39 is 137 Å². The fourth-order valence-corrected chi connectivity index (χ4v) is 0. The minimum atomic E-state index is -5.17. The van der Waals surface area contributed by atoms with Crippen molar-refractivity contribution in [3.8, 4) is 0 Å². The summed E-state index contributed by atoms with van der Waals surface area (Å²) in [6.07, 6.45) is 0. The maximum absolute atomic E-state index is 8.52. The Bertz CT molecular complexity index is 1670. The second-order valence-corrected chi connectivity index (χ2v) is 13.8. The molecule has 0 radical (unpaired) electrons. The van der Waals surface area contributed by atoms with Crippen LogP contribution in [-0.2, 0) is 104 Å². The Morgan fingerprint density at radius 3 is 0.159 bits per heavy atom. The molecule has 0 amide bonds. The smallest absolute Gasteiger partial charge is 1.00 e. The van der Waals surface area contributed by atoms with Crippen molar-refractivity contribution < 1.29 is 859 Å². The van der Waals surface area contributed by atoms with E-state index in [1.165, 1.54) is 0 Å². The van der Waals surface area contributed by atoms with Gasteiger partial charge in [0.15, 0.2) is 0 Å². The van der Waals surface area contributed by atoms with Gasteiger partial charge in [-0.3, -0.25) is 58.9 Å². The van der Waals surface area contributed by atoms with Gasteiger partial charge in [0.05, 0.1) is 0 Å². The fraction of sp³-hybridized carbons (Fsp3) is 0. The molecule has 0 unspecified atom stereocenters. The molecule has 552 valence electrons. The molecule has 0 rings (SSSR count). The van der Waals surface area contributed by atoms with Gasteiger partial charge >= 0.3 is 816 Å². The van der Waals surface area contributed by atoms with Gasteiger partial charge in [-0.1, -0.05) is 0 Å². The molecule has 0 saturated heterocycles. The Morgan fingerprint density at radius 2 is 0.159 bits per heavy atom. The Hall–Kier alpha value is 24.3. The summed E-state index contributed by atoms with van der Waals surface area (Å²) in [6, 6.07) is 0. The molecule has 0 aliphatic rings. The third-order valence-corrected chi connectivity index (χ3v) is 0. The van der Waals surface area contributed by atoms with Gasteiger partial charge in [0.1, 0.15) is 0 Å². The zero-order valence-electron chi connectivity index (χ0n) is 54.4. The summed E-state index contributed by atoms with van der Waals surface area (Å²) in [7, 11) is -61.6. The molecule has 107 heteroatoms. The number of hydrogen-bond donors (Lipinski definition) is 0. The maximum atomic E-state index is 8.52. The van der Waals surface area contributed by atoms with Gasteiger partial charge < -0.3 is 315 Å². The summed E-state index contributed by atoms with van der Waals surface area (Å²) in [5.74, 6) is 0. The molecule has 0 aromatic heterocycles. The molecule has 0 aliphatic carbocycles. The van der Waals surface area contributed by atoms with Crippen LogP contribution in [0.2, 0.25) is 0 Å². The van der Waals surface area contributed by atoms with Crippen molar-refractivity contribution in [3.05, 3.63) is 0 Å². The molecular weight excluding hydrogens is 2460 g/mol. The molecule has 107 heavy (non-hydrogen) atoms. The molecule has 0 fully saturated rings. The van der Waals surface area contributed by atoms with E-state index in [0.717, 1.165) is 0 Å². The molecule has 0 bridgehead atoms. The Balaban J connectivity index is -0.00000000419. The molecule has 0 saturated carbocycles. The summed E-state index contributed by atoms with van der Waals surface area (Å²) in [5, 5.41) is 0. The first-order chi connectivity index (χ1) is 26.1. The van der Waals surface area contributed by atoms with E-state index in [-0.39, 0.29) is 969 Å². The van der Waals surface area contributed by atoms with Crippen LogP contribution >= 0.6 is 0 Å². The van der Waals surface area contributed by atoms with E-state index in [4.69, 9.17) is 221 Å². The van der Waals surface area contributed by atoms with Crippen molar-refractivity contribution in [3.63, 3.8) is 0 Å². The number of rotatable bonds is 0. The van der Waals surface area contributed by atoms with E-state index in [1.807, 2.05) is 0 Å². The molecule has 55 nitrogen and oxygen atoms in total. The molecule has 0 aliphatic heterocycles. The first kappa shape index (κ1) is 415. The van der Waals surface area contributed by atoms with Crippen LogP contribution in [0.1, 0.15) is 0 Å². The van der Waals surface area contributed by atoms with Gasteiger partial charge in [0.25, 0.3) is 0 Å². The van der Waals surface area contributed by atoms with Crippen molar-refractivity contribution >= 4 is 468 Å². The van der Waals surface area contributed by atoms with Gasteiger partial charge in [-0.2, -0.15) is 0 Å². The molecule has 0 atom stereocenters. The molecular formula is H12Al6Ca6Cl7F7K6Na6O55S7Si7. The van der Waals surface area contributed by atoms with Gasteiger partial charge in [0, 0.05) is 137 Å². The van der Waals surface area contributed by atoms with E-state index in [2.05, 4.69) is 0 Å². The predicted octanol–water partition coefficient (Wildman–Crippen LogP) is -117. The van der Waals surface area contributed by atoms with Crippen LogP contribution in [0.15, 0.2) is 0 Å². The van der Waals surface area contributed by atoms with Crippen LogP contribution < -0.4 is 673 Å². The average Bonchev–Trinajstić information content (AvgIpc) is 2.67. The topological polar surface area (TPSA) is 1190 Å². The van der Waals surface area contributed by atoms with Gasteiger partial charge in [-0.15, -0.1) is 0 Å². The van der Waals surface area contributed by atoms with E-state index >= 15 is 0 Å². The SMILES string of the molecule is O.O.O.O.O.O.O=S(=O)([O-])[O-].O=S(=O)([O-])[O-].O=S(=O)([O-])[O-].O=S(=O)([O-])[O-].O=S(=O)([O-])[O-].O=S(=O)([O-])[O-].O=S(=O)([O-])[O-].O=[Si]([O-])[O-].O=[Si]([O-])[O-].O=[Si]([O-])[O-].O=[Si]([O-])[O-].O=[Si]([O-])[O-].O=[Si]([O-])[O-].O=[Si]([O-])[O-].[Al+3].[Al+3].[Al+3].[Al+3].[Al+3].[Al+3].[Ca+2].[Ca+2].[Ca+2].[Ca+2].[Ca+2].[Ca+2].[Cl-].[Cl-].[Cl-].[Cl-].[Cl-].[Cl-].[Cl-].[F-].[F-].[F-].[F-].[F-].[F-].[F-].[K+].[K+].[K+].[K+].[K+].[K+].[Na+].[Na+].[Na+].[Na+].[Na+].[Na+]. The van der Waals surface area contributed by atoms with Crippen LogP contribution in [0.3, 0.4) is 0 Å². The van der Waals surface area contributed by atoms with Crippen LogP contribution in [0.5, 0.6) is 0 Å². The van der Waals surface area contributed by atoms with Gasteiger partial charge in [-0.25, -0.2) is 0 Å². The monoisotopic (exact) mass is 2460 g/mol. The Kier molecular flexibility index (Phi) is 1110. The third kappa shape index (κ3) is 3640. The summed E-state index contributed by atoms with van der Waals surface area (Å²) >= 11 is 0. The molecule has 0 aromatic rings. The zero-order chi connectivity index (χ0) is 56.5. The van der Waals surface area contributed by atoms with Crippen LogP contribution in [0.4, 0.5) is 0 Å². The second-order valence-electron chi connectivity index (χ2n) is 4.61. The van der Waals surface area contributed by atoms with Gasteiger partial charge in [-0.05, 0) is 0 Å². The first-order valence-electron chi connectivity index (χ1n) is 8.95. The van der Waals surface area contributed by atoms with Crippen molar-refractivity contribution in [2.75, 3.05) is 0 Å². The van der Waals surface area contributed by atoms with Crippen molar-refractivity contribution in [1.82, 2.24) is 0 Å². The molecule has 0 aromatic carbocycles. The van der Waals surface area contributed by atoms with Gasteiger partial charge in [0.2, 0.25) is 0 Å². The maximum Gasteiger partial charge on any atom is 3.00 e. The molecule has 12 N–H and O–H groups in total. The average molecular weight is 2470 g/mol. The third-order valence-electron chi connectivity index (χ3n) is 0. The summed E-state index contributed by atoms with van der Waals surface area (Å²) in [4.78, 5) is 119. The minimum absolute atomic E-state index is 0. The zero-order valence-corrected chi connectivity index (χ0v) is 123. The minimum Gasteiger partial charge on any atom is -1.00 e. The normalized spacial score (nSPS) is 5.36. The predicted molar refractivity (Wildman–Crippen MR) is 209 cm³/mol. The number of halogens is 14. The summed E-state index contributed by atoms with van der Waals surface area (Å²) < 4.78 is 298. The van der Waals surface area contributed by atoms with Crippen LogP contribution in [-0.4, -0.2) is 550 Å². The largest absolute Gasteiger partial charge is 3.00 e. The molecule has 0 spiro atoms. The van der Waals surface area contributed by atoms with Crippen molar-refractivity contribution in [1.29, 1.82) is 0 Å². The van der Waals surface area contributed by atoms with Crippen LogP contribution in [0.25, 0.3) is 0 Å². The van der Waals surface area contributed by atoms with Crippen molar-refractivity contribution in [2.45, 2.75) is 0 Å². The molecule has 0 heterocycles. The number of hydrogen-bond acceptors (Lipinski definition) is 49. The van der Waals surface area contributed by atoms with Crippen LogP contribution in [0, 0.1) is 0 Å². The Morgan fingerprint density at radius 1 is 0.159 bits per heavy atom. The van der Waals surface area contributed by atoms with E-state index in [1.54, 1.807) is 0 Å². The van der Waals surface area contributed by atoms with E-state index in [0.29, 0.717) is 0 Å². The van der Waals surface area contributed by atoms with Crippen molar-refractivity contribution in [2.24, 2.45) is 0 Å².